The minimum atomic E-state index is -0.612. The second kappa shape index (κ2) is 6.92. The second-order valence-electron chi connectivity index (χ2n) is 6.05. The lowest BCUT2D eigenvalue weighted by atomic mass is 10.1. The van der Waals surface area contributed by atoms with Gasteiger partial charge in [0.15, 0.2) is 12.1 Å². The van der Waals surface area contributed by atoms with Crippen molar-refractivity contribution in [3.05, 3.63) is 52.1 Å². The van der Waals surface area contributed by atoms with Crippen LogP contribution in [0.2, 0.25) is 5.02 Å². The van der Waals surface area contributed by atoms with Crippen molar-refractivity contribution in [2.24, 2.45) is 0 Å². The van der Waals surface area contributed by atoms with Gasteiger partial charge >= 0.3 is 0 Å². The first kappa shape index (κ1) is 17.9. The number of carbonyl (C=O) groups is 1. The van der Waals surface area contributed by atoms with E-state index >= 15 is 0 Å². The summed E-state index contributed by atoms with van der Waals surface area (Å²) in [6.07, 6.45) is 2.10. The summed E-state index contributed by atoms with van der Waals surface area (Å²) in [5, 5.41) is 0.803. The molecule has 2 aromatic carbocycles. The minimum Gasteiger partial charge on any atom is -0.378 e. The Morgan fingerprint density at radius 1 is 1.26 bits per heavy atom. The first-order valence-electron chi connectivity index (χ1n) is 8.01. The first-order chi connectivity index (χ1) is 13.0. The van der Waals surface area contributed by atoms with Crippen LogP contribution in [0.15, 0.2) is 24.4 Å². The molecule has 0 aliphatic carbocycles. The summed E-state index contributed by atoms with van der Waals surface area (Å²) in [5.74, 6) is -0.612. The number of nitrogens with zero attached hydrogens (tertiary/aromatic N) is 3. The summed E-state index contributed by atoms with van der Waals surface area (Å²) in [5.41, 5.74) is 4.05. The molecule has 0 aliphatic heterocycles. The molecular weight excluding hydrogens is 389 g/mol. The molecule has 8 heteroatoms. The number of aldehydes is 1. The van der Waals surface area contributed by atoms with Crippen molar-refractivity contribution in [2.75, 3.05) is 7.11 Å². The average molecular weight is 402 g/mol. The summed E-state index contributed by atoms with van der Waals surface area (Å²) < 4.78 is 19.9. The third kappa shape index (κ3) is 3.07. The number of ether oxygens (including phenoxy) is 1. The maximum absolute atomic E-state index is 14.5. The van der Waals surface area contributed by atoms with Gasteiger partial charge in [-0.05, 0) is 30.7 Å². The predicted molar refractivity (Wildman–Crippen MR) is 104 cm³/mol. The van der Waals surface area contributed by atoms with Gasteiger partial charge in [-0.1, -0.05) is 11.6 Å². The molecule has 5 nitrogen and oxygen atoms in total. The average Bonchev–Trinajstić information content (AvgIpc) is 3.10. The number of rotatable bonds is 4. The molecule has 2 aromatic heterocycles. The molecule has 0 bridgehead atoms. The fourth-order valence-electron chi connectivity index (χ4n) is 2.91. The fourth-order valence-corrected chi connectivity index (χ4v) is 4.28. The van der Waals surface area contributed by atoms with Crippen LogP contribution in [0.25, 0.3) is 31.8 Å². The molecule has 27 heavy (non-hydrogen) atoms. The van der Waals surface area contributed by atoms with Gasteiger partial charge in [-0.25, -0.2) is 14.4 Å². The molecule has 4 aromatic rings. The third-order valence-corrected chi connectivity index (χ3v) is 5.45. The Hall–Kier alpha value is -2.48. The van der Waals surface area contributed by atoms with Gasteiger partial charge in [-0.3, -0.25) is 9.78 Å². The largest absolute Gasteiger partial charge is 0.378 e. The molecule has 0 aliphatic rings. The molecule has 0 spiro atoms. The molecule has 136 valence electrons. The van der Waals surface area contributed by atoms with Crippen molar-refractivity contribution in [1.29, 1.82) is 0 Å². The lowest BCUT2D eigenvalue weighted by molar-refractivity contribution is 0.112. The number of benzene rings is 2. The van der Waals surface area contributed by atoms with E-state index < -0.39 is 5.82 Å². The summed E-state index contributed by atoms with van der Waals surface area (Å²) in [4.78, 5) is 24.6. The fraction of sp³-hybridized carbons (Fsp3) is 0.158. The molecule has 2 heterocycles. The zero-order valence-electron chi connectivity index (χ0n) is 14.4. The molecule has 0 saturated heterocycles. The molecule has 0 saturated carbocycles. The molecule has 0 atom stereocenters. The molecule has 0 radical (unpaired) electrons. The minimum absolute atomic E-state index is 0.0826. The highest BCUT2D eigenvalue weighted by Gasteiger charge is 2.19. The molecular formula is C19H13ClFN3O2S. The number of carbonyl (C=O) groups excluding carboxylic acids is 1. The number of methoxy groups -OCH3 is 1. The van der Waals surface area contributed by atoms with Crippen LogP contribution in [0.5, 0.6) is 0 Å². The van der Waals surface area contributed by atoms with Gasteiger partial charge in [0.1, 0.15) is 10.5 Å². The topological polar surface area (TPSA) is 65.0 Å². The Kier molecular flexibility index (Phi) is 4.59. The number of aromatic nitrogens is 3. The van der Waals surface area contributed by atoms with Crippen LogP contribution in [-0.4, -0.2) is 28.3 Å². The Morgan fingerprint density at radius 2 is 2.07 bits per heavy atom. The number of hydrogen-bond acceptors (Lipinski definition) is 6. The number of thiazole rings is 1. The van der Waals surface area contributed by atoms with Crippen molar-refractivity contribution in [2.45, 2.75) is 13.5 Å². The quantitative estimate of drug-likeness (QED) is 0.452. The summed E-state index contributed by atoms with van der Waals surface area (Å²) >= 11 is 7.33. The summed E-state index contributed by atoms with van der Waals surface area (Å²) in [7, 11) is 1.60. The smallest absolute Gasteiger partial charge is 0.153 e. The Labute approximate surface area is 162 Å². The number of aryl methyl sites for hydroxylation is 1. The number of hydrogen-bond donors (Lipinski definition) is 0. The van der Waals surface area contributed by atoms with Gasteiger partial charge in [-0.2, -0.15) is 0 Å². The van der Waals surface area contributed by atoms with Crippen LogP contribution >= 0.6 is 22.9 Å². The standard InChI is InChI=1S/C19H13ClFN3O2S/c1-9-3-12(16-14(4-9)23-11(6-22-16)8-26-2)19-24-17-13(20)5-10(7-25)15(21)18(17)27-19/h3-7H,8H2,1-2H3. The number of halogens is 2. The zero-order valence-corrected chi connectivity index (χ0v) is 16.0. The molecule has 0 unspecified atom stereocenters. The Bertz CT molecular complexity index is 1210. The van der Waals surface area contributed by atoms with Crippen molar-refractivity contribution < 1.29 is 13.9 Å². The van der Waals surface area contributed by atoms with Crippen molar-refractivity contribution >= 4 is 50.5 Å². The molecule has 0 fully saturated rings. The van der Waals surface area contributed by atoms with Crippen molar-refractivity contribution in [1.82, 2.24) is 15.0 Å². The van der Waals surface area contributed by atoms with Gasteiger partial charge in [0.2, 0.25) is 0 Å². The van der Waals surface area contributed by atoms with E-state index in [-0.39, 0.29) is 15.3 Å². The van der Waals surface area contributed by atoms with Gasteiger partial charge in [0, 0.05) is 12.7 Å². The van der Waals surface area contributed by atoms with Crippen molar-refractivity contribution in [3.8, 4) is 10.6 Å². The molecule has 0 N–H and O–H groups in total. The highest BCUT2D eigenvalue weighted by Crippen LogP contribution is 2.38. The number of fused-ring (bicyclic) bond motifs is 2. The second-order valence-corrected chi connectivity index (χ2v) is 7.46. The summed E-state index contributed by atoms with van der Waals surface area (Å²) in [6, 6.07) is 5.15. The van der Waals surface area contributed by atoms with Gasteiger partial charge < -0.3 is 4.74 Å². The van der Waals surface area contributed by atoms with Crippen LogP contribution in [0.4, 0.5) is 4.39 Å². The predicted octanol–water partition coefficient (Wildman–Crippen LogP) is 4.97. The zero-order chi connectivity index (χ0) is 19.1. The Balaban J connectivity index is 1.98. The highest BCUT2D eigenvalue weighted by molar-refractivity contribution is 7.21. The van der Waals surface area contributed by atoms with Crippen LogP contribution < -0.4 is 0 Å². The first-order valence-corrected chi connectivity index (χ1v) is 9.20. The van der Waals surface area contributed by atoms with Gasteiger partial charge in [-0.15, -0.1) is 11.3 Å². The van der Waals surface area contributed by atoms with Crippen molar-refractivity contribution in [3.63, 3.8) is 0 Å². The van der Waals surface area contributed by atoms with E-state index in [4.69, 9.17) is 16.3 Å². The molecule has 4 rings (SSSR count). The lowest BCUT2D eigenvalue weighted by Crippen LogP contribution is -1.96. The van der Waals surface area contributed by atoms with E-state index in [0.29, 0.717) is 34.5 Å². The monoisotopic (exact) mass is 401 g/mol. The highest BCUT2D eigenvalue weighted by atomic mass is 35.5. The van der Waals surface area contributed by atoms with E-state index in [1.165, 1.54) is 6.07 Å². The van der Waals surface area contributed by atoms with Crippen LogP contribution in [0.3, 0.4) is 0 Å². The van der Waals surface area contributed by atoms with Gasteiger partial charge in [0.25, 0.3) is 0 Å². The van der Waals surface area contributed by atoms with Crippen LogP contribution in [0.1, 0.15) is 21.6 Å². The van der Waals surface area contributed by atoms with Crippen LogP contribution in [0, 0.1) is 12.7 Å². The lowest BCUT2D eigenvalue weighted by Gasteiger charge is -2.06. The maximum Gasteiger partial charge on any atom is 0.153 e. The third-order valence-electron chi connectivity index (χ3n) is 4.08. The van der Waals surface area contributed by atoms with E-state index in [0.717, 1.165) is 28.2 Å². The summed E-state index contributed by atoms with van der Waals surface area (Å²) in [6.45, 7) is 2.31. The maximum atomic E-state index is 14.5. The van der Waals surface area contributed by atoms with Crippen LogP contribution in [-0.2, 0) is 11.3 Å². The van der Waals surface area contributed by atoms with E-state index in [2.05, 4.69) is 15.0 Å². The molecule has 0 amide bonds. The van der Waals surface area contributed by atoms with E-state index in [1.807, 2.05) is 19.1 Å². The van der Waals surface area contributed by atoms with Gasteiger partial charge in [0.05, 0.1) is 44.8 Å². The SMILES string of the molecule is COCc1cnc2c(-c3nc4c(Cl)cc(C=O)c(F)c4s3)cc(C)cc2n1. The van der Waals surface area contributed by atoms with E-state index in [9.17, 15) is 9.18 Å². The Morgan fingerprint density at radius 3 is 2.81 bits per heavy atom. The van der Waals surface area contributed by atoms with E-state index in [1.54, 1.807) is 13.3 Å². The normalized spacial score (nSPS) is 11.4.